The Morgan fingerprint density at radius 2 is 1.93 bits per heavy atom. The Balaban J connectivity index is 1.85. The minimum atomic E-state index is -0.531. The zero-order valence-electron chi connectivity index (χ0n) is 15.8. The van der Waals surface area contributed by atoms with E-state index in [1.807, 2.05) is 6.92 Å². The molecule has 3 rings (SSSR count). The number of nitro groups is 1. The summed E-state index contributed by atoms with van der Waals surface area (Å²) in [7, 11) is 1.52. The van der Waals surface area contributed by atoms with Crippen molar-refractivity contribution in [2.45, 2.75) is 13.5 Å². The quantitative estimate of drug-likeness (QED) is 0.380. The molecule has 2 aromatic rings. The van der Waals surface area contributed by atoms with Gasteiger partial charge in [-0.25, -0.2) is 0 Å². The lowest BCUT2D eigenvalue weighted by molar-refractivity contribution is -0.385. The van der Waals surface area contributed by atoms with Crippen molar-refractivity contribution in [1.82, 2.24) is 4.90 Å². The van der Waals surface area contributed by atoms with E-state index >= 15 is 0 Å². The van der Waals surface area contributed by atoms with Gasteiger partial charge in [-0.3, -0.25) is 24.6 Å². The maximum absolute atomic E-state index is 12.7. The largest absolute Gasteiger partial charge is 0.493 e. The molecular formula is C20H18N2O6S. The Hall–Kier alpha value is -3.33. The number of amides is 2. The number of rotatable bonds is 7. The first-order valence-corrected chi connectivity index (χ1v) is 9.54. The van der Waals surface area contributed by atoms with Crippen LogP contribution >= 0.6 is 11.8 Å². The second-order valence-corrected chi connectivity index (χ2v) is 6.99. The third-order valence-corrected chi connectivity index (χ3v) is 5.08. The second-order valence-electron chi connectivity index (χ2n) is 6.00. The van der Waals surface area contributed by atoms with Crippen molar-refractivity contribution in [3.63, 3.8) is 0 Å². The van der Waals surface area contributed by atoms with Gasteiger partial charge in [0.2, 0.25) is 0 Å². The number of methoxy groups -OCH3 is 1. The summed E-state index contributed by atoms with van der Waals surface area (Å²) < 4.78 is 10.8. The van der Waals surface area contributed by atoms with E-state index in [1.54, 1.807) is 30.3 Å². The number of hydrogen-bond donors (Lipinski definition) is 0. The lowest BCUT2D eigenvalue weighted by Crippen LogP contribution is -2.27. The Labute approximate surface area is 171 Å². The van der Waals surface area contributed by atoms with E-state index in [0.717, 1.165) is 16.7 Å². The van der Waals surface area contributed by atoms with Gasteiger partial charge in [0.15, 0.2) is 11.5 Å². The fourth-order valence-corrected chi connectivity index (χ4v) is 3.67. The number of carbonyl (C=O) groups excluding carboxylic acids is 2. The van der Waals surface area contributed by atoms with Gasteiger partial charge in [0.25, 0.3) is 16.8 Å². The molecule has 1 aliphatic rings. The third kappa shape index (κ3) is 4.40. The number of para-hydroxylation sites is 1. The van der Waals surface area contributed by atoms with Crippen LogP contribution in [0.3, 0.4) is 0 Å². The van der Waals surface area contributed by atoms with Gasteiger partial charge >= 0.3 is 0 Å². The molecule has 0 aliphatic carbocycles. The van der Waals surface area contributed by atoms with Crippen molar-refractivity contribution in [3.8, 4) is 11.5 Å². The highest BCUT2D eigenvalue weighted by molar-refractivity contribution is 8.18. The van der Waals surface area contributed by atoms with Crippen LogP contribution in [0.5, 0.6) is 11.5 Å². The molecule has 1 fully saturated rings. The maximum atomic E-state index is 12.7. The fourth-order valence-electron chi connectivity index (χ4n) is 2.83. The molecule has 9 heteroatoms. The molecular weight excluding hydrogens is 396 g/mol. The van der Waals surface area contributed by atoms with Crippen LogP contribution < -0.4 is 9.47 Å². The van der Waals surface area contributed by atoms with E-state index in [1.165, 1.54) is 25.3 Å². The Morgan fingerprint density at radius 1 is 1.17 bits per heavy atom. The van der Waals surface area contributed by atoms with Gasteiger partial charge in [0, 0.05) is 11.6 Å². The monoisotopic (exact) mass is 414 g/mol. The summed E-state index contributed by atoms with van der Waals surface area (Å²) in [4.78, 5) is 37.0. The molecule has 2 amide bonds. The van der Waals surface area contributed by atoms with Crippen LogP contribution in [0.2, 0.25) is 0 Å². The molecule has 0 radical (unpaired) electrons. The van der Waals surface area contributed by atoms with E-state index in [4.69, 9.17) is 9.47 Å². The molecule has 0 N–H and O–H groups in total. The molecule has 29 heavy (non-hydrogen) atoms. The molecule has 0 aromatic heterocycles. The topological polar surface area (TPSA) is 99.0 Å². The van der Waals surface area contributed by atoms with Gasteiger partial charge in [-0.15, -0.1) is 0 Å². The van der Waals surface area contributed by atoms with Crippen molar-refractivity contribution in [2.75, 3.05) is 13.7 Å². The maximum Gasteiger partial charge on any atom is 0.293 e. The number of benzene rings is 2. The van der Waals surface area contributed by atoms with E-state index in [0.29, 0.717) is 29.2 Å². The summed E-state index contributed by atoms with van der Waals surface area (Å²) in [5, 5.41) is 10.7. The molecule has 0 spiro atoms. The van der Waals surface area contributed by atoms with Crippen LogP contribution in [-0.4, -0.2) is 34.7 Å². The molecule has 0 bridgehead atoms. The minimum Gasteiger partial charge on any atom is -0.493 e. The van der Waals surface area contributed by atoms with Crippen molar-refractivity contribution in [3.05, 3.63) is 68.6 Å². The van der Waals surface area contributed by atoms with Gasteiger partial charge in [-0.2, -0.15) is 0 Å². The summed E-state index contributed by atoms with van der Waals surface area (Å²) in [6.45, 7) is 2.19. The lowest BCUT2D eigenvalue weighted by atomic mass is 10.1. The predicted octanol–water partition coefficient (Wildman–Crippen LogP) is 4.24. The molecule has 150 valence electrons. The Morgan fingerprint density at radius 3 is 2.62 bits per heavy atom. The second kappa shape index (κ2) is 8.78. The van der Waals surface area contributed by atoms with Crippen LogP contribution in [0, 0.1) is 10.1 Å². The molecule has 0 atom stereocenters. The number of ether oxygens (including phenoxy) is 2. The van der Waals surface area contributed by atoms with Crippen molar-refractivity contribution < 1.29 is 24.0 Å². The van der Waals surface area contributed by atoms with Crippen LogP contribution in [0.25, 0.3) is 6.08 Å². The van der Waals surface area contributed by atoms with Gasteiger partial charge in [0.1, 0.15) is 0 Å². The summed E-state index contributed by atoms with van der Waals surface area (Å²) in [5.41, 5.74) is 0.831. The molecule has 0 saturated carbocycles. The average molecular weight is 414 g/mol. The summed E-state index contributed by atoms with van der Waals surface area (Å²) in [6.07, 6.45) is 1.59. The summed E-state index contributed by atoms with van der Waals surface area (Å²) >= 11 is 0.795. The number of nitrogens with zero attached hydrogens (tertiary/aromatic N) is 2. The highest BCUT2D eigenvalue weighted by Gasteiger charge is 2.36. The van der Waals surface area contributed by atoms with Crippen molar-refractivity contribution in [1.29, 1.82) is 0 Å². The van der Waals surface area contributed by atoms with Crippen LogP contribution in [0.1, 0.15) is 18.1 Å². The molecule has 8 nitrogen and oxygen atoms in total. The van der Waals surface area contributed by atoms with Gasteiger partial charge < -0.3 is 9.47 Å². The SMILES string of the molecule is CCOc1ccc(/C=C2/SC(=O)N(Cc3ccccc3[N+](=O)[O-])C2=O)cc1OC. The van der Waals surface area contributed by atoms with Gasteiger partial charge in [-0.05, 0) is 42.5 Å². The van der Waals surface area contributed by atoms with E-state index < -0.39 is 16.1 Å². The normalized spacial score (nSPS) is 15.1. The molecule has 1 saturated heterocycles. The Kier molecular flexibility index (Phi) is 6.18. The van der Waals surface area contributed by atoms with E-state index in [-0.39, 0.29) is 17.1 Å². The zero-order chi connectivity index (χ0) is 21.0. The first kappa shape index (κ1) is 20.4. The molecule has 1 heterocycles. The molecule has 2 aromatic carbocycles. The lowest BCUT2D eigenvalue weighted by Gasteiger charge is -2.12. The van der Waals surface area contributed by atoms with Crippen molar-refractivity contribution in [2.24, 2.45) is 0 Å². The Bertz CT molecular complexity index is 1000. The first-order valence-electron chi connectivity index (χ1n) is 8.73. The highest BCUT2D eigenvalue weighted by atomic mass is 32.2. The van der Waals surface area contributed by atoms with Crippen LogP contribution in [-0.2, 0) is 11.3 Å². The predicted molar refractivity (Wildman–Crippen MR) is 109 cm³/mol. The van der Waals surface area contributed by atoms with Gasteiger partial charge in [0.05, 0.1) is 30.1 Å². The number of imide groups is 1. The number of thioether (sulfide) groups is 1. The van der Waals surface area contributed by atoms with E-state index in [2.05, 4.69) is 0 Å². The number of carbonyl (C=O) groups is 2. The fraction of sp³-hybridized carbons (Fsp3) is 0.200. The summed E-state index contributed by atoms with van der Waals surface area (Å²) in [6, 6.07) is 11.2. The molecule has 0 unspecified atom stereocenters. The minimum absolute atomic E-state index is 0.133. The molecule has 1 aliphatic heterocycles. The zero-order valence-corrected chi connectivity index (χ0v) is 16.6. The summed E-state index contributed by atoms with van der Waals surface area (Å²) in [5.74, 6) is 0.599. The third-order valence-electron chi connectivity index (χ3n) is 4.18. The van der Waals surface area contributed by atoms with Crippen LogP contribution in [0.4, 0.5) is 10.5 Å². The van der Waals surface area contributed by atoms with Crippen molar-refractivity contribution >= 4 is 34.7 Å². The average Bonchev–Trinajstić information content (AvgIpc) is 2.97. The first-order chi connectivity index (χ1) is 13.9. The smallest absolute Gasteiger partial charge is 0.293 e. The number of nitro benzene ring substituents is 1. The van der Waals surface area contributed by atoms with Crippen LogP contribution in [0.15, 0.2) is 47.4 Å². The number of hydrogen-bond acceptors (Lipinski definition) is 7. The standard InChI is InChI=1S/C20H18N2O6S/c1-3-28-16-9-8-13(10-17(16)27-2)11-18-19(23)21(20(24)29-18)12-14-6-4-5-7-15(14)22(25)26/h4-11H,3,12H2,1-2H3/b18-11+. The van der Waals surface area contributed by atoms with E-state index in [9.17, 15) is 19.7 Å². The van der Waals surface area contributed by atoms with Gasteiger partial charge in [-0.1, -0.05) is 24.3 Å². The highest BCUT2D eigenvalue weighted by Crippen LogP contribution is 2.36.